The molecule has 0 aromatic rings. The van der Waals surface area contributed by atoms with Crippen LogP contribution in [0.3, 0.4) is 0 Å². The van der Waals surface area contributed by atoms with Crippen LogP contribution in [-0.2, 0) is 10.9 Å². The van der Waals surface area contributed by atoms with Gasteiger partial charge in [0.15, 0.2) is 0 Å². The fraction of sp³-hybridized carbons (Fsp3) is 0.846. The van der Waals surface area contributed by atoms with Crippen LogP contribution in [-0.4, -0.2) is 58.1 Å². The smallest absolute Gasteiger partial charge is 0.185 e. The van der Waals surface area contributed by atoms with Crippen molar-refractivity contribution in [3.63, 3.8) is 0 Å². The summed E-state index contributed by atoms with van der Waals surface area (Å²) in [6.45, 7) is 2.06. The highest BCUT2D eigenvalue weighted by Gasteiger charge is 2.99. The average Bonchev–Trinajstić information content (AvgIpc) is 2.48. The molecule has 20 heteroatoms. The van der Waals surface area contributed by atoms with E-state index in [2.05, 4.69) is 31.6 Å². The highest BCUT2D eigenvalue weighted by molar-refractivity contribution is 8.37. The molecule has 202 valence electrons. The van der Waals surface area contributed by atoms with Gasteiger partial charge in [0.1, 0.15) is 5.75 Å². The van der Waals surface area contributed by atoms with E-state index in [1.54, 1.807) is 0 Å². The summed E-state index contributed by atoms with van der Waals surface area (Å²) in [5, 5.41) is -26.6. The quantitative estimate of drug-likeness (QED) is 0.176. The zero-order valence-corrected chi connectivity index (χ0v) is 17.6. The van der Waals surface area contributed by atoms with Crippen LogP contribution >= 0.6 is 10.0 Å². The minimum absolute atomic E-state index is 0.598. The third kappa shape index (κ3) is 6.06. The Bertz CT molecular complexity index is 584. The number of hydrogen-bond donors (Lipinski definition) is 0. The molecule has 0 heterocycles. The Morgan fingerprint density at radius 2 is 0.788 bits per heavy atom. The van der Waals surface area contributed by atoms with Crippen LogP contribution < -0.4 is 0 Å². The second-order valence-corrected chi connectivity index (χ2v) is 11.4. The average molecular weight is 575 g/mol. The van der Waals surface area contributed by atoms with E-state index in [0.717, 1.165) is 0 Å². The molecule has 33 heavy (non-hydrogen) atoms. The summed E-state index contributed by atoms with van der Waals surface area (Å²) in [7, 11) is -10.00. The van der Waals surface area contributed by atoms with Crippen molar-refractivity contribution in [3.8, 4) is 0 Å². The van der Waals surface area contributed by atoms with E-state index in [0.29, 0.717) is 10.9 Å². The van der Waals surface area contributed by atoms with Gasteiger partial charge in [-0.1, -0.05) is 6.08 Å². The van der Waals surface area contributed by atoms with Crippen LogP contribution in [0.2, 0.25) is 0 Å². The van der Waals surface area contributed by atoms with Gasteiger partial charge in [-0.15, -0.1) is 0 Å². The SMILES string of the molecule is CC=CC[S+](C)C.FC(F)(F)C(F)(F)S(C(F)(F)F)(C(F)(F)C(F)(F)F)C(F)(F)C(F)(F)F. The maximum absolute atomic E-state index is 13.0. The van der Waals surface area contributed by atoms with E-state index in [1.807, 2.05) is 0 Å². The Labute approximate surface area is 178 Å². The number of allylic oxidation sites excluding steroid dienone is 1. The first-order valence-corrected chi connectivity index (χ1v) is 11.2. The van der Waals surface area contributed by atoms with Gasteiger partial charge >= 0.3 is 39.8 Å². The summed E-state index contributed by atoms with van der Waals surface area (Å²) in [6.07, 6.45) is -16.1. The van der Waals surface area contributed by atoms with Gasteiger partial charge in [-0.2, -0.15) is 79.0 Å². The monoisotopic (exact) mass is 575 g/mol. The molecule has 0 N–H and O–H groups in total. The molecular formula is C13H13F18S2+. The molecule has 0 aromatic heterocycles. The van der Waals surface area contributed by atoms with Crippen molar-refractivity contribution in [1.82, 2.24) is 0 Å². The van der Waals surface area contributed by atoms with E-state index in [4.69, 9.17) is 0 Å². The number of halogens is 18. The van der Waals surface area contributed by atoms with Crippen LogP contribution in [0, 0.1) is 0 Å². The fourth-order valence-electron chi connectivity index (χ4n) is 1.73. The Balaban J connectivity index is 0. The maximum atomic E-state index is 13.0. The van der Waals surface area contributed by atoms with Gasteiger partial charge in [0.25, 0.3) is 0 Å². The van der Waals surface area contributed by atoms with E-state index in [-0.39, 0.29) is 0 Å². The third-order valence-corrected chi connectivity index (χ3v) is 7.71. The molecule has 0 rings (SSSR count). The second kappa shape index (κ2) is 10.0. The minimum Gasteiger partial charge on any atom is -0.185 e. The summed E-state index contributed by atoms with van der Waals surface area (Å²) in [5.41, 5.74) is -8.69. The highest BCUT2D eigenvalue weighted by Crippen LogP contribution is 2.90. The van der Waals surface area contributed by atoms with Gasteiger partial charge in [-0.25, -0.2) is 0 Å². The summed E-state index contributed by atoms with van der Waals surface area (Å²) in [5.74, 6) is 1.25. The number of hydrogen-bond acceptors (Lipinski definition) is 0. The van der Waals surface area contributed by atoms with E-state index < -0.39 is 49.8 Å². The molecule has 0 aliphatic rings. The van der Waals surface area contributed by atoms with E-state index in [1.165, 1.54) is 5.75 Å². The summed E-state index contributed by atoms with van der Waals surface area (Å²) in [6, 6.07) is 0. The third-order valence-electron chi connectivity index (χ3n) is 3.16. The van der Waals surface area contributed by atoms with Gasteiger partial charge in [0, 0.05) is 0 Å². The molecule has 0 unspecified atom stereocenters. The molecule has 0 fully saturated rings. The summed E-state index contributed by atoms with van der Waals surface area (Å²) in [4.78, 5) is 0. The summed E-state index contributed by atoms with van der Waals surface area (Å²) < 4.78 is 224. The Kier molecular flexibility index (Phi) is 10.5. The van der Waals surface area contributed by atoms with Crippen LogP contribution in [0.5, 0.6) is 0 Å². The van der Waals surface area contributed by atoms with Crippen LogP contribution in [0.4, 0.5) is 79.0 Å². The molecule has 0 radical (unpaired) electrons. The number of rotatable bonds is 5. The lowest BCUT2D eigenvalue weighted by atomic mass is 10.6. The standard InChI is InChI=1S/C7F18S.C6H13S/c8-1(9,10)4(17,18)26(7(23,24)25,5(19,20)2(11,12)13)6(21,22)3(14,15)16;1-4-5-6-7(2)3/h;4-5H,6H2,1-3H3/q;+1. The van der Waals surface area contributed by atoms with Gasteiger partial charge < -0.3 is 0 Å². The molecule has 0 aromatic carbocycles. The zero-order valence-electron chi connectivity index (χ0n) is 16.0. The zero-order chi connectivity index (χ0) is 27.7. The van der Waals surface area contributed by atoms with Crippen molar-refractivity contribution < 1.29 is 79.0 Å². The molecule has 0 saturated heterocycles. The van der Waals surface area contributed by atoms with Crippen molar-refractivity contribution in [1.29, 1.82) is 0 Å². The Hall–Kier alpha value is -0.820. The second-order valence-electron chi connectivity index (χ2n) is 5.82. The number of alkyl halides is 18. The molecule has 0 amide bonds. The Morgan fingerprint density at radius 3 is 0.879 bits per heavy atom. The topological polar surface area (TPSA) is 0 Å². The van der Waals surface area contributed by atoms with Gasteiger partial charge in [0.05, 0.1) is 22.5 Å². The van der Waals surface area contributed by atoms with Crippen LogP contribution in [0.1, 0.15) is 6.92 Å². The normalized spacial score (nSPS) is 16.2. The largest absolute Gasteiger partial charge is 0.463 e. The van der Waals surface area contributed by atoms with Crippen molar-refractivity contribution in [2.24, 2.45) is 0 Å². The van der Waals surface area contributed by atoms with Crippen molar-refractivity contribution in [3.05, 3.63) is 12.2 Å². The first kappa shape index (κ1) is 34.3. The van der Waals surface area contributed by atoms with Gasteiger partial charge in [0.2, 0.25) is 0 Å². The first-order valence-electron chi connectivity index (χ1n) is 7.39. The molecule has 0 atom stereocenters. The summed E-state index contributed by atoms with van der Waals surface area (Å²) >= 11 is 0. The Morgan fingerprint density at radius 1 is 0.545 bits per heavy atom. The maximum Gasteiger partial charge on any atom is 0.463 e. The molecule has 0 spiro atoms. The fourth-order valence-corrected chi connectivity index (χ4v) is 5.19. The van der Waals surface area contributed by atoms with Gasteiger partial charge in [-0.3, -0.25) is 0 Å². The first-order chi connectivity index (χ1) is 14.0. The molecule has 0 bridgehead atoms. The van der Waals surface area contributed by atoms with Gasteiger partial charge in [-0.05, 0) is 23.9 Å². The van der Waals surface area contributed by atoms with Crippen LogP contribution in [0.25, 0.3) is 0 Å². The van der Waals surface area contributed by atoms with Crippen LogP contribution in [0.15, 0.2) is 12.2 Å². The molecule has 0 aliphatic carbocycles. The molecular weight excluding hydrogens is 562 g/mol. The molecule has 0 nitrogen and oxygen atoms in total. The van der Waals surface area contributed by atoms with E-state index in [9.17, 15) is 79.0 Å². The van der Waals surface area contributed by atoms with E-state index >= 15 is 0 Å². The van der Waals surface area contributed by atoms with Crippen molar-refractivity contribution in [2.45, 2.75) is 46.7 Å². The highest BCUT2D eigenvalue weighted by atomic mass is 32.3. The lowest BCUT2D eigenvalue weighted by molar-refractivity contribution is -0.288. The predicted octanol–water partition coefficient (Wildman–Crippen LogP) is 8.22. The minimum atomic E-state index is -10.6. The predicted molar refractivity (Wildman–Crippen MR) is 85.5 cm³/mol. The molecule has 0 saturated carbocycles. The lowest BCUT2D eigenvalue weighted by Crippen LogP contribution is -2.66. The molecule has 0 aliphatic heterocycles. The lowest BCUT2D eigenvalue weighted by Gasteiger charge is -2.53. The van der Waals surface area contributed by atoms with Crippen molar-refractivity contribution >= 4 is 20.9 Å². The van der Waals surface area contributed by atoms with Crippen molar-refractivity contribution in [2.75, 3.05) is 18.3 Å².